The Morgan fingerprint density at radius 2 is 2.23 bits per heavy atom. The Morgan fingerprint density at radius 3 is 3.04 bits per heavy atom. The van der Waals surface area contributed by atoms with Crippen LogP contribution in [0.4, 0.5) is 5.82 Å². The number of benzene rings is 1. The summed E-state index contributed by atoms with van der Waals surface area (Å²) in [6.07, 6.45) is 2.31. The van der Waals surface area contributed by atoms with E-state index < -0.39 is 11.9 Å². The van der Waals surface area contributed by atoms with E-state index in [4.69, 9.17) is 9.47 Å². The molecule has 3 aliphatic rings. The Balaban J connectivity index is 1.48. The molecular formula is C19H16N2O5. The molecule has 7 nitrogen and oxygen atoms in total. The molecule has 132 valence electrons. The zero-order chi connectivity index (χ0) is 18.0. The summed E-state index contributed by atoms with van der Waals surface area (Å²) < 4.78 is 11.9. The molecule has 0 bridgehead atoms. The van der Waals surface area contributed by atoms with Gasteiger partial charge in [-0.25, -0.2) is 4.98 Å². The average molecular weight is 352 g/mol. The number of ether oxygens (including phenoxy) is 2. The van der Waals surface area contributed by atoms with Gasteiger partial charge in [0.2, 0.25) is 5.91 Å². The van der Waals surface area contributed by atoms with Gasteiger partial charge in [0.15, 0.2) is 0 Å². The number of anilines is 1. The van der Waals surface area contributed by atoms with Gasteiger partial charge in [0.05, 0.1) is 0 Å². The van der Waals surface area contributed by atoms with Gasteiger partial charge in [-0.2, -0.15) is 0 Å². The third kappa shape index (κ3) is 2.16. The minimum Gasteiger partial charge on any atom is -0.488 e. The minimum absolute atomic E-state index is 0.0489. The van der Waals surface area contributed by atoms with E-state index in [2.05, 4.69) is 10.3 Å². The molecule has 1 amide bonds. The molecule has 26 heavy (non-hydrogen) atoms. The Kier molecular flexibility index (Phi) is 3.04. The SMILES string of the molecule is Cc1cc(Oc2ccnc3c2CCC(=O)N3)cc2c1OC1C(C(=O)O)C21. The lowest BCUT2D eigenvalue weighted by atomic mass is 10.0. The maximum absolute atomic E-state index is 11.5. The number of rotatable bonds is 3. The van der Waals surface area contributed by atoms with Crippen LogP contribution in [0.1, 0.15) is 29.0 Å². The second kappa shape index (κ2) is 5.20. The first-order valence-electron chi connectivity index (χ1n) is 8.52. The molecule has 3 atom stereocenters. The summed E-state index contributed by atoms with van der Waals surface area (Å²) in [5.74, 6) is 1.14. The summed E-state index contributed by atoms with van der Waals surface area (Å²) in [6, 6.07) is 5.52. The number of hydrogen-bond acceptors (Lipinski definition) is 5. The molecular weight excluding hydrogens is 336 g/mol. The van der Waals surface area contributed by atoms with E-state index >= 15 is 0 Å². The van der Waals surface area contributed by atoms with Crippen molar-refractivity contribution in [1.82, 2.24) is 4.98 Å². The number of aryl methyl sites for hydroxylation is 1. The first-order chi connectivity index (χ1) is 12.5. The quantitative estimate of drug-likeness (QED) is 0.881. The zero-order valence-electron chi connectivity index (χ0n) is 14.0. The molecule has 1 fully saturated rings. The van der Waals surface area contributed by atoms with Crippen molar-refractivity contribution in [3.8, 4) is 17.2 Å². The summed E-state index contributed by atoms with van der Waals surface area (Å²) >= 11 is 0. The number of carboxylic acid groups (broad SMARTS) is 1. The molecule has 0 saturated heterocycles. The van der Waals surface area contributed by atoms with Crippen molar-refractivity contribution in [2.24, 2.45) is 5.92 Å². The number of carbonyl (C=O) groups excluding carboxylic acids is 1. The van der Waals surface area contributed by atoms with Crippen LogP contribution in [0.3, 0.4) is 0 Å². The minimum atomic E-state index is -0.825. The average Bonchev–Trinajstić information content (AvgIpc) is 3.20. The molecule has 0 spiro atoms. The number of nitrogens with one attached hydrogen (secondary N) is 1. The van der Waals surface area contributed by atoms with Crippen LogP contribution in [-0.2, 0) is 16.0 Å². The molecule has 1 aromatic carbocycles. The molecule has 5 rings (SSSR count). The lowest BCUT2D eigenvalue weighted by Crippen LogP contribution is -2.20. The fourth-order valence-corrected chi connectivity index (χ4v) is 3.94. The summed E-state index contributed by atoms with van der Waals surface area (Å²) in [5, 5.41) is 12.0. The molecule has 0 radical (unpaired) electrons. The third-order valence-corrected chi connectivity index (χ3v) is 5.23. The fourth-order valence-electron chi connectivity index (χ4n) is 3.94. The van der Waals surface area contributed by atoms with E-state index in [1.807, 2.05) is 19.1 Å². The van der Waals surface area contributed by atoms with Crippen molar-refractivity contribution >= 4 is 17.7 Å². The maximum atomic E-state index is 11.5. The molecule has 2 aromatic rings. The highest BCUT2D eigenvalue weighted by Crippen LogP contribution is 2.60. The lowest BCUT2D eigenvalue weighted by Gasteiger charge is -2.19. The largest absolute Gasteiger partial charge is 0.488 e. The highest BCUT2D eigenvalue weighted by atomic mass is 16.5. The predicted molar refractivity (Wildman–Crippen MR) is 90.7 cm³/mol. The van der Waals surface area contributed by atoms with Crippen LogP contribution in [0.5, 0.6) is 17.2 Å². The number of carbonyl (C=O) groups is 2. The lowest BCUT2D eigenvalue weighted by molar-refractivity contribution is -0.139. The highest BCUT2D eigenvalue weighted by molar-refractivity contribution is 5.93. The number of nitrogens with zero attached hydrogens (tertiary/aromatic N) is 1. The summed E-state index contributed by atoms with van der Waals surface area (Å²) in [5.41, 5.74) is 2.69. The standard InChI is InChI=1S/C19H16N2O5/c1-8-6-9(7-11-14-15(19(23)24)17(14)26-16(8)11)25-12-4-5-20-18-10(12)2-3-13(22)21-18/h4-7,14-15,17H,2-3H2,1H3,(H,23,24)(H,20,21,22). The Bertz CT molecular complexity index is 971. The molecule has 3 unspecified atom stereocenters. The van der Waals surface area contributed by atoms with Crippen LogP contribution in [0.2, 0.25) is 0 Å². The van der Waals surface area contributed by atoms with Gasteiger partial charge in [-0.15, -0.1) is 0 Å². The van der Waals surface area contributed by atoms with E-state index in [1.54, 1.807) is 12.3 Å². The molecule has 1 saturated carbocycles. The van der Waals surface area contributed by atoms with Crippen molar-refractivity contribution in [2.75, 3.05) is 5.32 Å². The van der Waals surface area contributed by atoms with E-state index in [0.29, 0.717) is 30.2 Å². The molecule has 3 heterocycles. The van der Waals surface area contributed by atoms with Gasteiger partial charge in [-0.1, -0.05) is 0 Å². The van der Waals surface area contributed by atoms with Crippen LogP contribution < -0.4 is 14.8 Å². The number of fused-ring (bicyclic) bond motifs is 4. The van der Waals surface area contributed by atoms with Crippen molar-refractivity contribution < 1.29 is 24.2 Å². The normalized spacial score (nSPS) is 24.7. The topological polar surface area (TPSA) is 97.8 Å². The smallest absolute Gasteiger partial charge is 0.311 e. The van der Waals surface area contributed by atoms with Crippen LogP contribution >= 0.6 is 0 Å². The van der Waals surface area contributed by atoms with E-state index in [1.165, 1.54) is 0 Å². The summed E-state index contributed by atoms with van der Waals surface area (Å²) in [4.78, 5) is 27.0. The van der Waals surface area contributed by atoms with E-state index in [9.17, 15) is 14.7 Å². The Morgan fingerprint density at radius 1 is 1.38 bits per heavy atom. The number of pyridine rings is 1. The van der Waals surface area contributed by atoms with Gasteiger partial charge in [-0.05, 0) is 37.1 Å². The van der Waals surface area contributed by atoms with Crippen molar-refractivity contribution in [2.45, 2.75) is 31.8 Å². The van der Waals surface area contributed by atoms with Gasteiger partial charge in [0.1, 0.15) is 35.1 Å². The van der Waals surface area contributed by atoms with Gasteiger partial charge in [0, 0.05) is 29.7 Å². The van der Waals surface area contributed by atoms with Gasteiger partial charge < -0.3 is 19.9 Å². The fraction of sp³-hybridized carbons (Fsp3) is 0.316. The van der Waals surface area contributed by atoms with Crippen molar-refractivity contribution in [3.63, 3.8) is 0 Å². The van der Waals surface area contributed by atoms with Crippen molar-refractivity contribution in [3.05, 3.63) is 41.1 Å². The Hall–Kier alpha value is -3.09. The number of hydrogen-bond donors (Lipinski definition) is 2. The number of aromatic nitrogens is 1. The van der Waals surface area contributed by atoms with E-state index in [-0.39, 0.29) is 17.9 Å². The Labute approximate surface area is 149 Å². The molecule has 1 aliphatic carbocycles. The molecule has 2 aliphatic heterocycles. The first kappa shape index (κ1) is 15.2. The van der Waals surface area contributed by atoms with Crippen LogP contribution in [-0.4, -0.2) is 28.1 Å². The van der Waals surface area contributed by atoms with Gasteiger partial charge >= 0.3 is 5.97 Å². The monoisotopic (exact) mass is 352 g/mol. The molecule has 1 aromatic heterocycles. The zero-order valence-corrected chi connectivity index (χ0v) is 14.0. The second-order valence-corrected chi connectivity index (χ2v) is 6.92. The van der Waals surface area contributed by atoms with Crippen LogP contribution in [0.15, 0.2) is 24.4 Å². The first-order valence-corrected chi connectivity index (χ1v) is 8.52. The number of amides is 1. The summed E-state index contributed by atoms with van der Waals surface area (Å²) in [7, 11) is 0. The van der Waals surface area contributed by atoms with Crippen LogP contribution in [0.25, 0.3) is 0 Å². The summed E-state index contributed by atoms with van der Waals surface area (Å²) in [6.45, 7) is 1.93. The number of aliphatic carboxylic acids is 1. The number of carboxylic acids is 1. The van der Waals surface area contributed by atoms with Gasteiger partial charge in [-0.3, -0.25) is 9.59 Å². The second-order valence-electron chi connectivity index (χ2n) is 6.92. The van der Waals surface area contributed by atoms with Crippen molar-refractivity contribution in [1.29, 1.82) is 0 Å². The predicted octanol–water partition coefficient (Wildman–Crippen LogP) is 2.63. The highest BCUT2D eigenvalue weighted by Gasteiger charge is 2.63. The molecule has 2 N–H and O–H groups in total. The van der Waals surface area contributed by atoms with Crippen LogP contribution in [0, 0.1) is 12.8 Å². The molecule has 7 heteroatoms. The third-order valence-electron chi connectivity index (χ3n) is 5.23. The van der Waals surface area contributed by atoms with Gasteiger partial charge in [0.25, 0.3) is 0 Å². The maximum Gasteiger partial charge on any atom is 0.311 e. The van der Waals surface area contributed by atoms with E-state index in [0.717, 1.165) is 22.4 Å².